The smallest absolute Gasteiger partial charge is 0.240 e. The Kier molecular flexibility index (Phi) is 8.09. The van der Waals surface area contributed by atoms with E-state index in [0.717, 1.165) is 0 Å². The van der Waals surface area contributed by atoms with Gasteiger partial charge in [0.05, 0.1) is 13.3 Å². The van der Waals surface area contributed by atoms with Crippen LogP contribution < -0.4 is 20.2 Å². The van der Waals surface area contributed by atoms with Crippen LogP contribution in [-0.2, 0) is 9.59 Å². The molecule has 0 unspecified atom stereocenters. The monoisotopic (exact) mass is 379 g/mol. The molecular weight excluding hydrogens is 358 g/mol. The minimum Gasteiger partial charge on any atom is -0.493 e. The molecule has 0 aliphatic carbocycles. The summed E-state index contributed by atoms with van der Waals surface area (Å²) in [4.78, 5) is 23.6. The summed E-state index contributed by atoms with van der Waals surface area (Å²) in [5.41, 5.74) is 3.78. The third kappa shape index (κ3) is 6.84. The highest BCUT2D eigenvalue weighted by Gasteiger charge is 2.07. The number of methoxy groups -OCH3 is 1. The molecule has 28 heavy (non-hydrogen) atoms. The van der Waals surface area contributed by atoms with Crippen LogP contribution in [0.3, 0.4) is 0 Å². The SMILES string of the molecule is C#CCOc1ccc(C=NNC(=O)CCC(=O)Nc2ccccc2)cc1OC. The lowest BCUT2D eigenvalue weighted by molar-refractivity contribution is -0.124. The minimum absolute atomic E-state index is 0.0260. The molecule has 0 radical (unpaired) electrons. The molecule has 0 saturated heterocycles. The molecule has 0 bridgehead atoms. The van der Waals surface area contributed by atoms with Crippen LogP contribution in [0, 0.1) is 12.3 Å². The lowest BCUT2D eigenvalue weighted by atomic mass is 10.2. The van der Waals surface area contributed by atoms with Gasteiger partial charge in [0.25, 0.3) is 0 Å². The average molecular weight is 379 g/mol. The summed E-state index contributed by atoms with van der Waals surface area (Å²) in [5.74, 6) is 2.81. The van der Waals surface area contributed by atoms with Gasteiger partial charge in [0.1, 0.15) is 6.61 Å². The molecule has 2 aromatic rings. The maximum Gasteiger partial charge on any atom is 0.240 e. The second-order valence-electron chi connectivity index (χ2n) is 5.61. The molecule has 2 N–H and O–H groups in total. The number of terminal acetylenes is 1. The molecule has 0 spiro atoms. The Bertz CT molecular complexity index is 873. The first kappa shape index (κ1) is 20.5. The first-order chi connectivity index (χ1) is 13.6. The van der Waals surface area contributed by atoms with Gasteiger partial charge in [-0.15, -0.1) is 6.42 Å². The van der Waals surface area contributed by atoms with E-state index in [1.54, 1.807) is 30.3 Å². The molecule has 2 amide bonds. The Labute approximate surface area is 163 Å². The number of carbonyl (C=O) groups excluding carboxylic acids is 2. The zero-order valence-corrected chi connectivity index (χ0v) is 15.5. The van der Waals surface area contributed by atoms with E-state index in [1.807, 2.05) is 18.2 Å². The number of nitrogens with zero attached hydrogens (tertiary/aromatic N) is 1. The number of hydrogen-bond acceptors (Lipinski definition) is 5. The van der Waals surface area contributed by atoms with Crippen molar-refractivity contribution in [2.45, 2.75) is 12.8 Å². The van der Waals surface area contributed by atoms with Gasteiger partial charge in [-0.05, 0) is 35.9 Å². The van der Waals surface area contributed by atoms with Gasteiger partial charge in [-0.1, -0.05) is 24.1 Å². The van der Waals surface area contributed by atoms with Crippen molar-refractivity contribution in [3.05, 3.63) is 54.1 Å². The second kappa shape index (κ2) is 11.0. The number of hydrazone groups is 1. The maximum absolute atomic E-state index is 11.8. The van der Waals surface area contributed by atoms with Gasteiger partial charge in [0, 0.05) is 18.5 Å². The Morgan fingerprint density at radius 3 is 2.57 bits per heavy atom. The normalized spacial score (nSPS) is 10.1. The molecule has 0 aliphatic heterocycles. The number of anilines is 1. The largest absolute Gasteiger partial charge is 0.493 e. The number of para-hydroxylation sites is 1. The fourth-order valence-corrected chi connectivity index (χ4v) is 2.21. The first-order valence-electron chi connectivity index (χ1n) is 8.53. The van der Waals surface area contributed by atoms with E-state index in [-0.39, 0.29) is 31.3 Å². The van der Waals surface area contributed by atoms with Gasteiger partial charge in [-0.25, -0.2) is 5.43 Å². The van der Waals surface area contributed by atoms with Crippen molar-refractivity contribution in [3.63, 3.8) is 0 Å². The van der Waals surface area contributed by atoms with E-state index in [0.29, 0.717) is 22.7 Å². The van der Waals surface area contributed by atoms with Crippen molar-refractivity contribution in [3.8, 4) is 23.8 Å². The highest BCUT2D eigenvalue weighted by molar-refractivity contribution is 5.93. The molecule has 2 aromatic carbocycles. The zero-order valence-electron chi connectivity index (χ0n) is 15.5. The summed E-state index contributed by atoms with van der Waals surface area (Å²) in [6.07, 6.45) is 6.73. The third-order valence-corrected chi connectivity index (χ3v) is 3.54. The van der Waals surface area contributed by atoms with Crippen molar-refractivity contribution in [1.29, 1.82) is 0 Å². The number of nitrogens with one attached hydrogen (secondary N) is 2. The molecule has 0 aliphatic rings. The zero-order chi connectivity index (χ0) is 20.2. The Balaban J connectivity index is 1.79. The van der Waals surface area contributed by atoms with Gasteiger partial charge < -0.3 is 14.8 Å². The van der Waals surface area contributed by atoms with Crippen molar-refractivity contribution in [2.75, 3.05) is 19.0 Å². The van der Waals surface area contributed by atoms with Gasteiger partial charge in [-0.3, -0.25) is 9.59 Å². The molecule has 0 atom stereocenters. The number of rotatable bonds is 9. The predicted molar refractivity (Wildman–Crippen MR) is 107 cm³/mol. The van der Waals surface area contributed by atoms with E-state index >= 15 is 0 Å². The molecule has 0 saturated carbocycles. The quantitative estimate of drug-likeness (QED) is 0.398. The summed E-state index contributed by atoms with van der Waals surface area (Å²) >= 11 is 0. The van der Waals surface area contributed by atoms with Gasteiger partial charge in [0.2, 0.25) is 11.8 Å². The molecule has 144 valence electrons. The average Bonchev–Trinajstić information content (AvgIpc) is 2.72. The third-order valence-electron chi connectivity index (χ3n) is 3.54. The molecule has 2 rings (SSSR count). The van der Waals surface area contributed by atoms with E-state index < -0.39 is 0 Å². The molecule has 7 nitrogen and oxygen atoms in total. The summed E-state index contributed by atoms with van der Waals surface area (Å²) in [6, 6.07) is 14.2. The van der Waals surface area contributed by atoms with Gasteiger partial charge >= 0.3 is 0 Å². The Morgan fingerprint density at radius 1 is 1.11 bits per heavy atom. The topological polar surface area (TPSA) is 89.0 Å². The summed E-state index contributed by atoms with van der Waals surface area (Å²) in [5, 5.41) is 6.60. The predicted octanol–water partition coefficient (Wildman–Crippen LogP) is 2.58. The van der Waals surface area contributed by atoms with E-state index in [9.17, 15) is 9.59 Å². The number of ether oxygens (including phenoxy) is 2. The first-order valence-corrected chi connectivity index (χ1v) is 8.53. The van der Waals surface area contributed by atoms with Crippen LogP contribution in [0.5, 0.6) is 11.5 Å². The Hall–Kier alpha value is -3.79. The van der Waals surface area contributed by atoms with Crippen LogP contribution in [0.25, 0.3) is 0 Å². The fourth-order valence-electron chi connectivity index (χ4n) is 2.21. The minimum atomic E-state index is -0.361. The van der Waals surface area contributed by atoms with Crippen LogP contribution in [-0.4, -0.2) is 31.7 Å². The van der Waals surface area contributed by atoms with E-state index in [1.165, 1.54) is 13.3 Å². The fraction of sp³-hybridized carbons (Fsp3) is 0.190. The standard InChI is InChI=1S/C21H21N3O4/c1-3-13-28-18-10-9-16(14-19(18)27-2)15-22-24-21(26)12-11-20(25)23-17-7-5-4-6-8-17/h1,4-10,14-15H,11-13H2,2H3,(H,23,25)(H,24,26). The number of amides is 2. The van der Waals surface area contributed by atoms with Crippen LogP contribution in [0.4, 0.5) is 5.69 Å². The van der Waals surface area contributed by atoms with Crippen LogP contribution in [0.2, 0.25) is 0 Å². The van der Waals surface area contributed by atoms with Crippen molar-refractivity contribution in [1.82, 2.24) is 5.43 Å². The summed E-state index contributed by atoms with van der Waals surface area (Å²) in [6.45, 7) is 0.137. The van der Waals surface area contributed by atoms with Crippen LogP contribution in [0.1, 0.15) is 18.4 Å². The number of carbonyl (C=O) groups is 2. The number of benzene rings is 2. The summed E-state index contributed by atoms with van der Waals surface area (Å²) < 4.78 is 10.6. The Morgan fingerprint density at radius 2 is 1.86 bits per heavy atom. The van der Waals surface area contributed by atoms with Crippen molar-refractivity contribution >= 4 is 23.7 Å². The molecule has 0 heterocycles. The highest BCUT2D eigenvalue weighted by Crippen LogP contribution is 2.27. The second-order valence-corrected chi connectivity index (χ2v) is 5.61. The van der Waals surface area contributed by atoms with Crippen molar-refractivity contribution in [2.24, 2.45) is 5.10 Å². The van der Waals surface area contributed by atoms with Crippen molar-refractivity contribution < 1.29 is 19.1 Å². The van der Waals surface area contributed by atoms with Gasteiger partial charge in [-0.2, -0.15) is 5.10 Å². The van der Waals surface area contributed by atoms with E-state index in [4.69, 9.17) is 15.9 Å². The number of hydrogen-bond donors (Lipinski definition) is 2. The van der Waals surface area contributed by atoms with Crippen LogP contribution in [0.15, 0.2) is 53.6 Å². The lowest BCUT2D eigenvalue weighted by Crippen LogP contribution is -2.20. The molecule has 0 aromatic heterocycles. The van der Waals surface area contributed by atoms with E-state index in [2.05, 4.69) is 21.8 Å². The molecule has 7 heteroatoms. The molecular formula is C21H21N3O4. The highest BCUT2D eigenvalue weighted by atomic mass is 16.5. The van der Waals surface area contributed by atoms with Crippen LogP contribution >= 0.6 is 0 Å². The summed E-state index contributed by atoms with van der Waals surface area (Å²) in [7, 11) is 1.52. The molecule has 0 fully saturated rings. The maximum atomic E-state index is 11.8. The van der Waals surface area contributed by atoms with Gasteiger partial charge in [0.15, 0.2) is 11.5 Å². The lowest BCUT2D eigenvalue weighted by Gasteiger charge is -2.09.